The van der Waals surface area contributed by atoms with Crippen LogP contribution < -0.4 is 10.1 Å². The molecule has 3 saturated heterocycles. The second-order valence-electron chi connectivity index (χ2n) is 10.8. The van der Waals surface area contributed by atoms with E-state index in [9.17, 15) is 4.79 Å². The maximum atomic E-state index is 12.7. The maximum Gasteiger partial charge on any atom is 0.251 e. The van der Waals surface area contributed by atoms with Crippen molar-refractivity contribution in [1.82, 2.24) is 15.1 Å². The van der Waals surface area contributed by atoms with Gasteiger partial charge in [-0.3, -0.25) is 14.6 Å². The molecule has 0 radical (unpaired) electrons. The highest BCUT2D eigenvalue weighted by Crippen LogP contribution is 2.39. The Hall–Kier alpha value is -2.41. The number of likely N-dealkylation sites (tertiary alicyclic amines) is 2. The van der Waals surface area contributed by atoms with Gasteiger partial charge in [-0.1, -0.05) is 36.8 Å². The number of methoxy groups -OCH3 is 1. The number of ether oxygens (including phenoxy) is 2. The van der Waals surface area contributed by atoms with Gasteiger partial charge in [0.15, 0.2) is 0 Å². The molecule has 1 unspecified atom stereocenters. The van der Waals surface area contributed by atoms with Crippen LogP contribution >= 0.6 is 0 Å². The molecule has 0 saturated carbocycles. The Morgan fingerprint density at radius 3 is 2.42 bits per heavy atom. The van der Waals surface area contributed by atoms with Crippen molar-refractivity contribution in [2.45, 2.75) is 69.7 Å². The molecule has 1 N–H and O–H groups in total. The molecule has 36 heavy (non-hydrogen) atoms. The standard InChI is InChI=1S/C30H41N3O3/c1-35-28-8-4-3-7-26(28)23-33-19-15-30(16-20-33)14-13-27(36-30)21-31-29(34)25-11-9-24(10-12-25)22-32-17-5-2-6-18-32/h3-4,7-12,27H,2,5-6,13-23H2,1H3,(H,31,34). The smallest absolute Gasteiger partial charge is 0.251 e. The summed E-state index contributed by atoms with van der Waals surface area (Å²) in [6.07, 6.45) is 8.24. The number of nitrogens with zero attached hydrogens (tertiary/aromatic N) is 2. The first-order valence-corrected chi connectivity index (χ1v) is 13.7. The zero-order valence-electron chi connectivity index (χ0n) is 21.7. The Labute approximate surface area is 215 Å². The number of hydrogen-bond acceptors (Lipinski definition) is 5. The van der Waals surface area contributed by atoms with Crippen LogP contribution in [0.3, 0.4) is 0 Å². The first-order chi connectivity index (χ1) is 17.6. The Kier molecular flexibility index (Phi) is 8.25. The summed E-state index contributed by atoms with van der Waals surface area (Å²) in [6.45, 7) is 6.91. The van der Waals surface area contributed by atoms with Gasteiger partial charge in [0.1, 0.15) is 5.75 Å². The van der Waals surface area contributed by atoms with E-state index in [1.807, 2.05) is 24.3 Å². The third kappa shape index (κ3) is 6.28. The number of carbonyl (C=O) groups excluding carboxylic acids is 1. The van der Waals surface area contributed by atoms with Crippen molar-refractivity contribution < 1.29 is 14.3 Å². The summed E-state index contributed by atoms with van der Waals surface area (Å²) in [5.74, 6) is 0.957. The molecule has 1 atom stereocenters. The van der Waals surface area contributed by atoms with Crippen LogP contribution in [0, 0.1) is 0 Å². The summed E-state index contributed by atoms with van der Waals surface area (Å²) >= 11 is 0. The molecule has 6 heteroatoms. The number of rotatable bonds is 8. The van der Waals surface area contributed by atoms with Crippen molar-refractivity contribution in [3.8, 4) is 5.75 Å². The summed E-state index contributed by atoms with van der Waals surface area (Å²) in [4.78, 5) is 17.8. The molecule has 3 aliphatic heterocycles. The monoisotopic (exact) mass is 491 g/mol. The van der Waals surface area contributed by atoms with E-state index in [4.69, 9.17) is 9.47 Å². The van der Waals surface area contributed by atoms with E-state index >= 15 is 0 Å². The van der Waals surface area contributed by atoms with Crippen LogP contribution in [0.5, 0.6) is 5.75 Å². The van der Waals surface area contributed by atoms with E-state index < -0.39 is 0 Å². The fourth-order valence-corrected chi connectivity index (χ4v) is 6.05. The molecule has 1 spiro atoms. The molecule has 1 amide bonds. The van der Waals surface area contributed by atoms with E-state index in [0.29, 0.717) is 6.54 Å². The van der Waals surface area contributed by atoms with Gasteiger partial charge in [0, 0.05) is 43.9 Å². The highest BCUT2D eigenvalue weighted by Gasteiger charge is 2.42. The van der Waals surface area contributed by atoms with Gasteiger partial charge in [-0.2, -0.15) is 0 Å². The summed E-state index contributed by atoms with van der Waals surface area (Å²) in [6, 6.07) is 16.4. The highest BCUT2D eigenvalue weighted by molar-refractivity contribution is 5.94. The van der Waals surface area contributed by atoms with Crippen LogP contribution in [0.15, 0.2) is 48.5 Å². The number of piperidine rings is 2. The van der Waals surface area contributed by atoms with Gasteiger partial charge in [0.05, 0.1) is 18.8 Å². The first kappa shape index (κ1) is 25.2. The van der Waals surface area contributed by atoms with Crippen LogP contribution in [0.4, 0.5) is 0 Å². The van der Waals surface area contributed by atoms with Crippen molar-refractivity contribution in [1.29, 1.82) is 0 Å². The van der Waals surface area contributed by atoms with E-state index in [1.165, 1.54) is 43.5 Å². The average Bonchev–Trinajstić information content (AvgIpc) is 3.32. The Morgan fingerprint density at radius 2 is 1.67 bits per heavy atom. The van der Waals surface area contributed by atoms with Crippen molar-refractivity contribution >= 4 is 5.91 Å². The van der Waals surface area contributed by atoms with Crippen LogP contribution in [-0.2, 0) is 17.8 Å². The zero-order valence-corrected chi connectivity index (χ0v) is 21.7. The minimum atomic E-state index is -0.0250. The molecule has 3 fully saturated rings. The van der Waals surface area contributed by atoms with Crippen molar-refractivity contribution in [2.75, 3.05) is 39.8 Å². The number of carbonyl (C=O) groups is 1. The van der Waals surface area contributed by atoms with Crippen LogP contribution in [0.1, 0.15) is 66.4 Å². The predicted molar refractivity (Wildman–Crippen MR) is 142 cm³/mol. The molecule has 6 nitrogen and oxygen atoms in total. The van der Waals surface area contributed by atoms with Crippen molar-refractivity contribution in [3.63, 3.8) is 0 Å². The van der Waals surface area contributed by atoms with Gasteiger partial charge in [0.2, 0.25) is 0 Å². The number of benzene rings is 2. The van der Waals surface area contributed by atoms with Crippen LogP contribution in [-0.4, -0.2) is 67.2 Å². The Balaban J connectivity index is 1.05. The molecule has 0 aromatic heterocycles. The zero-order chi connectivity index (χ0) is 24.8. The molecule has 0 aliphatic carbocycles. The second kappa shape index (κ2) is 11.8. The first-order valence-electron chi connectivity index (χ1n) is 13.7. The van der Waals surface area contributed by atoms with Gasteiger partial charge >= 0.3 is 0 Å². The molecule has 5 rings (SSSR count). The lowest BCUT2D eigenvalue weighted by Crippen LogP contribution is -2.44. The fraction of sp³-hybridized carbons (Fsp3) is 0.567. The van der Waals surface area contributed by atoms with Gasteiger partial charge < -0.3 is 14.8 Å². The number of hydrogen-bond donors (Lipinski definition) is 1. The molecule has 0 bridgehead atoms. The van der Waals surface area contributed by atoms with Gasteiger partial charge in [-0.25, -0.2) is 0 Å². The molecule has 194 valence electrons. The maximum absolute atomic E-state index is 12.7. The molecule has 3 aliphatic rings. The van der Waals surface area contributed by atoms with Gasteiger partial charge in [0.25, 0.3) is 5.91 Å². The van der Waals surface area contributed by atoms with E-state index in [-0.39, 0.29) is 17.6 Å². The normalized spacial score (nSPS) is 22.5. The second-order valence-corrected chi connectivity index (χ2v) is 10.8. The van der Waals surface area contributed by atoms with E-state index in [0.717, 1.165) is 63.2 Å². The molecular formula is C30H41N3O3. The third-order valence-electron chi connectivity index (χ3n) is 8.25. The minimum Gasteiger partial charge on any atom is -0.496 e. The van der Waals surface area contributed by atoms with E-state index in [1.54, 1.807) is 7.11 Å². The SMILES string of the molecule is COc1ccccc1CN1CCC2(CCC(CNC(=O)c3ccc(CN4CCCCC4)cc3)O2)CC1. The predicted octanol–water partition coefficient (Wildman–Crippen LogP) is 4.62. The molecule has 2 aromatic carbocycles. The topological polar surface area (TPSA) is 54.0 Å². The third-order valence-corrected chi connectivity index (χ3v) is 8.25. The van der Waals surface area contributed by atoms with Crippen LogP contribution in [0.2, 0.25) is 0 Å². The van der Waals surface area contributed by atoms with Crippen molar-refractivity contribution in [3.05, 3.63) is 65.2 Å². The minimum absolute atomic E-state index is 0.00398. The summed E-state index contributed by atoms with van der Waals surface area (Å²) < 4.78 is 12.1. The lowest BCUT2D eigenvalue weighted by Gasteiger charge is -2.39. The Morgan fingerprint density at radius 1 is 0.944 bits per heavy atom. The van der Waals surface area contributed by atoms with Gasteiger partial charge in [-0.15, -0.1) is 0 Å². The van der Waals surface area contributed by atoms with Crippen LogP contribution in [0.25, 0.3) is 0 Å². The quantitative estimate of drug-likeness (QED) is 0.584. The van der Waals surface area contributed by atoms with Crippen molar-refractivity contribution in [2.24, 2.45) is 0 Å². The molecular weight excluding hydrogens is 450 g/mol. The largest absolute Gasteiger partial charge is 0.496 e. The van der Waals surface area contributed by atoms with Gasteiger partial charge in [-0.05, 0) is 75.4 Å². The number of amides is 1. The average molecular weight is 492 g/mol. The fourth-order valence-electron chi connectivity index (χ4n) is 6.05. The number of nitrogens with one attached hydrogen (secondary N) is 1. The summed E-state index contributed by atoms with van der Waals surface area (Å²) in [5.41, 5.74) is 3.23. The molecule has 3 heterocycles. The summed E-state index contributed by atoms with van der Waals surface area (Å²) in [5, 5.41) is 3.12. The lowest BCUT2D eigenvalue weighted by molar-refractivity contribution is -0.0765. The molecule has 2 aromatic rings. The highest BCUT2D eigenvalue weighted by atomic mass is 16.5. The van der Waals surface area contributed by atoms with E-state index in [2.05, 4.69) is 39.4 Å². The summed E-state index contributed by atoms with van der Waals surface area (Å²) in [7, 11) is 1.74. The Bertz CT molecular complexity index is 995. The number of para-hydroxylation sites is 1. The lowest BCUT2D eigenvalue weighted by atomic mass is 9.88.